The van der Waals surface area contributed by atoms with E-state index in [0.29, 0.717) is 10.6 Å². The van der Waals surface area contributed by atoms with E-state index in [2.05, 4.69) is 10.3 Å². The van der Waals surface area contributed by atoms with Gasteiger partial charge in [0.15, 0.2) is 11.6 Å². The van der Waals surface area contributed by atoms with Gasteiger partial charge in [-0.1, -0.05) is 23.7 Å². The van der Waals surface area contributed by atoms with Gasteiger partial charge < -0.3 is 10.1 Å². The summed E-state index contributed by atoms with van der Waals surface area (Å²) in [6, 6.07) is 7.14. The number of halogens is 2. The van der Waals surface area contributed by atoms with Crippen LogP contribution in [0.2, 0.25) is 5.02 Å². The first-order valence-electron chi connectivity index (χ1n) is 7.38. The smallest absolute Gasteiger partial charge is 0.174 e. The molecule has 5 heteroatoms. The number of rotatable bonds is 4. The number of aryl methyl sites for hydroxylation is 1. The van der Waals surface area contributed by atoms with Crippen LogP contribution in [0.25, 0.3) is 0 Å². The molecule has 0 aliphatic carbocycles. The number of hydrogen-bond acceptors (Lipinski definition) is 3. The van der Waals surface area contributed by atoms with Gasteiger partial charge in [0, 0.05) is 30.4 Å². The number of benzene rings is 1. The van der Waals surface area contributed by atoms with Crippen molar-refractivity contribution in [2.45, 2.75) is 19.4 Å². The minimum atomic E-state index is -0.396. The first-order chi connectivity index (χ1) is 10.7. The van der Waals surface area contributed by atoms with Crippen LogP contribution in [0.5, 0.6) is 5.75 Å². The lowest BCUT2D eigenvalue weighted by Gasteiger charge is -2.25. The first kappa shape index (κ1) is 15.3. The minimum Gasteiger partial charge on any atom is -0.481 e. The summed E-state index contributed by atoms with van der Waals surface area (Å²) >= 11 is 6.14. The molecule has 3 nitrogen and oxygen atoms in total. The van der Waals surface area contributed by atoms with E-state index in [4.69, 9.17) is 16.3 Å². The van der Waals surface area contributed by atoms with Crippen LogP contribution in [-0.2, 0) is 0 Å². The molecule has 2 atom stereocenters. The van der Waals surface area contributed by atoms with Crippen LogP contribution in [0.4, 0.5) is 4.39 Å². The quantitative estimate of drug-likeness (QED) is 0.927. The Morgan fingerprint density at radius 3 is 2.95 bits per heavy atom. The first-order valence-corrected chi connectivity index (χ1v) is 7.76. The predicted molar refractivity (Wildman–Crippen MR) is 84.7 cm³/mol. The van der Waals surface area contributed by atoms with Gasteiger partial charge >= 0.3 is 0 Å². The van der Waals surface area contributed by atoms with E-state index < -0.39 is 5.82 Å². The van der Waals surface area contributed by atoms with E-state index in [0.717, 1.165) is 25.1 Å². The van der Waals surface area contributed by atoms with Crippen molar-refractivity contribution in [2.24, 2.45) is 5.92 Å². The molecular weight excluding hydrogens is 303 g/mol. The Labute approximate surface area is 134 Å². The molecule has 1 fully saturated rings. The van der Waals surface area contributed by atoms with Crippen molar-refractivity contribution < 1.29 is 9.13 Å². The molecule has 0 bridgehead atoms. The number of pyridine rings is 1. The van der Waals surface area contributed by atoms with E-state index >= 15 is 0 Å². The Morgan fingerprint density at radius 2 is 2.27 bits per heavy atom. The normalized spacial score (nSPS) is 19.1. The van der Waals surface area contributed by atoms with E-state index in [-0.39, 0.29) is 17.8 Å². The van der Waals surface area contributed by atoms with Gasteiger partial charge in [-0.25, -0.2) is 4.39 Å². The zero-order valence-corrected chi connectivity index (χ0v) is 13.1. The van der Waals surface area contributed by atoms with Crippen molar-refractivity contribution >= 4 is 11.6 Å². The number of ether oxygens (including phenoxy) is 1. The number of nitrogens with zero attached hydrogens (tertiary/aromatic N) is 1. The molecule has 1 aromatic heterocycles. The van der Waals surface area contributed by atoms with Gasteiger partial charge in [-0.05, 0) is 37.6 Å². The fraction of sp³-hybridized carbons (Fsp3) is 0.353. The van der Waals surface area contributed by atoms with E-state index in [1.54, 1.807) is 31.5 Å². The number of nitrogens with one attached hydrogen (secondary N) is 1. The summed E-state index contributed by atoms with van der Waals surface area (Å²) < 4.78 is 20.4. The van der Waals surface area contributed by atoms with Gasteiger partial charge in [0.25, 0.3) is 0 Å². The molecule has 116 valence electrons. The molecule has 2 heterocycles. The van der Waals surface area contributed by atoms with Crippen molar-refractivity contribution in [3.63, 3.8) is 0 Å². The maximum atomic E-state index is 14.4. The van der Waals surface area contributed by atoms with Crippen molar-refractivity contribution in [1.82, 2.24) is 10.3 Å². The monoisotopic (exact) mass is 320 g/mol. The van der Waals surface area contributed by atoms with Crippen LogP contribution in [-0.4, -0.2) is 18.1 Å². The van der Waals surface area contributed by atoms with Crippen molar-refractivity contribution in [1.29, 1.82) is 0 Å². The lowest BCUT2D eigenvalue weighted by atomic mass is 9.96. The maximum Gasteiger partial charge on any atom is 0.174 e. The second kappa shape index (κ2) is 6.63. The van der Waals surface area contributed by atoms with Crippen LogP contribution in [0, 0.1) is 18.7 Å². The summed E-state index contributed by atoms with van der Waals surface area (Å²) in [5.41, 5.74) is 1.46. The summed E-state index contributed by atoms with van der Waals surface area (Å²) in [5, 5.41) is 3.62. The lowest BCUT2D eigenvalue weighted by Crippen LogP contribution is -2.22. The molecule has 1 saturated heterocycles. The Hall–Kier alpha value is -1.65. The Balaban J connectivity index is 1.95. The Kier molecular flexibility index (Phi) is 4.60. The molecule has 0 radical (unpaired) electrons. The second-order valence-electron chi connectivity index (χ2n) is 5.59. The topological polar surface area (TPSA) is 34.1 Å². The van der Waals surface area contributed by atoms with Gasteiger partial charge in [-0.3, -0.25) is 4.98 Å². The molecule has 1 aliphatic heterocycles. The van der Waals surface area contributed by atoms with Crippen LogP contribution in [0.1, 0.15) is 23.7 Å². The molecule has 2 aromatic rings. The molecule has 1 aliphatic rings. The average molecular weight is 321 g/mol. The van der Waals surface area contributed by atoms with Gasteiger partial charge in [-0.15, -0.1) is 0 Å². The van der Waals surface area contributed by atoms with Crippen LogP contribution >= 0.6 is 11.6 Å². The summed E-state index contributed by atoms with van der Waals surface area (Å²) in [6.45, 7) is 3.48. The summed E-state index contributed by atoms with van der Waals surface area (Å²) in [6.07, 6.45) is 4.19. The van der Waals surface area contributed by atoms with Crippen molar-refractivity contribution in [3.8, 4) is 5.75 Å². The Morgan fingerprint density at radius 1 is 1.41 bits per heavy atom. The molecule has 0 spiro atoms. The largest absolute Gasteiger partial charge is 0.481 e. The highest BCUT2D eigenvalue weighted by atomic mass is 35.5. The standard InChI is InChI=1S/C17H18ClFN2O/c1-11-4-5-14(18)17(15(11)19)22-16(13-6-8-21-10-13)12-3-2-7-20-9-12/h2-5,7,9,13,16,21H,6,8,10H2,1H3/t13-,16-/m1/s1. The van der Waals surface area contributed by atoms with Gasteiger partial charge in [-0.2, -0.15) is 0 Å². The third-order valence-electron chi connectivity index (χ3n) is 4.03. The van der Waals surface area contributed by atoms with Crippen LogP contribution in [0.3, 0.4) is 0 Å². The van der Waals surface area contributed by atoms with Gasteiger partial charge in [0.2, 0.25) is 0 Å². The summed E-state index contributed by atoms with van der Waals surface area (Å²) in [7, 11) is 0. The lowest BCUT2D eigenvalue weighted by molar-refractivity contribution is 0.138. The SMILES string of the molecule is Cc1ccc(Cl)c(O[C@H](c2cccnc2)[C@@H]2CCNC2)c1F. The highest BCUT2D eigenvalue weighted by Gasteiger charge is 2.29. The third kappa shape index (κ3) is 3.08. The Bertz CT molecular complexity index is 645. The van der Waals surface area contributed by atoms with Crippen LogP contribution < -0.4 is 10.1 Å². The molecule has 3 rings (SSSR count). The molecule has 22 heavy (non-hydrogen) atoms. The number of hydrogen-bond donors (Lipinski definition) is 1. The average Bonchev–Trinajstić information content (AvgIpc) is 3.06. The molecule has 1 aromatic carbocycles. The van der Waals surface area contributed by atoms with Gasteiger partial charge in [0.1, 0.15) is 6.10 Å². The summed E-state index contributed by atoms with van der Waals surface area (Å²) in [5.74, 6) is -0.00468. The molecule has 0 saturated carbocycles. The highest BCUT2D eigenvalue weighted by Crippen LogP contribution is 2.37. The summed E-state index contributed by atoms with van der Waals surface area (Å²) in [4.78, 5) is 4.15. The van der Waals surface area contributed by atoms with E-state index in [1.807, 2.05) is 12.1 Å². The van der Waals surface area contributed by atoms with Crippen LogP contribution in [0.15, 0.2) is 36.7 Å². The predicted octanol–water partition coefficient (Wildman–Crippen LogP) is 3.91. The molecule has 0 amide bonds. The second-order valence-corrected chi connectivity index (χ2v) is 5.99. The minimum absolute atomic E-state index is 0.127. The third-order valence-corrected chi connectivity index (χ3v) is 4.32. The maximum absolute atomic E-state index is 14.4. The molecule has 1 N–H and O–H groups in total. The number of aromatic nitrogens is 1. The van der Waals surface area contributed by atoms with Crippen molar-refractivity contribution in [3.05, 3.63) is 58.6 Å². The zero-order chi connectivity index (χ0) is 15.5. The molecule has 0 unspecified atom stereocenters. The highest BCUT2D eigenvalue weighted by molar-refractivity contribution is 6.32. The fourth-order valence-corrected chi connectivity index (χ4v) is 2.97. The van der Waals surface area contributed by atoms with Gasteiger partial charge in [0.05, 0.1) is 5.02 Å². The fourth-order valence-electron chi connectivity index (χ4n) is 2.78. The zero-order valence-electron chi connectivity index (χ0n) is 12.4. The molecular formula is C17H18ClFN2O. The van der Waals surface area contributed by atoms with Crippen molar-refractivity contribution in [2.75, 3.05) is 13.1 Å². The van der Waals surface area contributed by atoms with E-state index in [1.165, 1.54) is 0 Å². The van der Waals surface area contributed by atoms with E-state index in [9.17, 15) is 4.39 Å².